The number of nitro groups is 1. The smallest absolute Gasteiger partial charge is 0.325 e. The molecular weight excluding hydrogens is 351 g/mol. The molecule has 9 heteroatoms. The molecule has 6 nitrogen and oxygen atoms in total. The average Bonchev–Trinajstić information content (AvgIpc) is 2.95. The van der Waals surface area contributed by atoms with Crippen molar-refractivity contribution in [2.24, 2.45) is 0 Å². The van der Waals surface area contributed by atoms with Crippen molar-refractivity contribution in [1.29, 1.82) is 0 Å². The van der Waals surface area contributed by atoms with Gasteiger partial charge in [-0.2, -0.15) is 13.2 Å². The summed E-state index contributed by atoms with van der Waals surface area (Å²) < 4.78 is 37.6. The third-order valence-corrected chi connectivity index (χ3v) is 4.05. The van der Waals surface area contributed by atoms with Crippen LogP contribution in [0.1, 0.15) is 16.7 Å². The topological polar surface area (TPSA) is 75.5 Å². The van der Waals surface area contributed by atoms with Gasteiger partial charge in [0.05, 0.1) is 17.0 Å². The van der Waals surface area contributed by atoms with Crippen LogP contribution in [0.15, 0.2) is 42.5 Å². The maximum atomic E-state index is 12.5. The summed E-state index contributed by atoms with van der Waals surface area (Å²) in [4.78, 5) is 24.2. The number of non-ortho nitro benzene ring substituents is 1. The minimum Gasteiger partial charge on any atom is -0.325 e. The Hall–Kier alpha value is -2.94. The van der Waals surface area contributed by atoms with Gasteiger partial charge >= 0.3 is 6.18 Å². The summed E-state index contributed by atoms with van der Waals surface area (Å²) in [5.74, 6) is -0.368. The number of nitrogens with one attached hydrogen (secondary N) is 1. The van der Waals surface area contributed by atoms with Crippen LogP contribution in [-0.4, -0.2) is 22.3 Å². The van der Waals surface area contributed by atoms with E-state index in [4.69, 9.17) is 0 Å². The number of fused-ring (bicyclic) bond motifs is 1. The number of alkyl halides is 3. The highest BCUT2D eigenvalue weighted by Crippen LogP contribution is 2.30. The number of halogens is 3. The molecule has 0 saturated heterocycles. The average molecular weight is 365 g/mol. The van der Waals surface area contributed by atoms with Gasteiger partial charge in [-0.15, -0.1) is 0 Å². The molecule has 0 unspecified atom stereocenters. The molecular formula is C17H14F3N3O3. The molecule has 3 rings (SSSR count). The van der Waals surface area contributed by atoms with Crippen LogP contribution in [-0.2, 0) is 24.1 Å². The highest BCUT2D eigenvalue weighted by molar-refractivity contribution is 5.92. The van der Waals surface area contributed by atoms with E-state index in [9.17, 15) is 28.1 Å². The molecule has 1 heterocycles. The van der Waals surface area contributed by atoms with E-state index in [2.05, 4.69) is 5.32 Å². The minimum absolute atomic E-state index is 0.000180. The number of hydrogen-bond acceptors (Lipinski definition) is 4. The Morgan fingerprint density at radius 3 is 2.38 bits per heavy atom. The van der Waals surface area contributed by atoms with Gasteiger partial charge in [-0.1, -0.05) is 6.07 Å². The van der Waals surface area contributed by atoms with E-state index >= 15 is 0 Å². The van der Waals surface area contributed by atoms with Crippen molar-refractivity contribution in [3.8, 4) is 0 Å². The molecule has 136 valence electrons. The Bertz CT molecular complexity index is 851. The van der Waals surface area contributed by atoms with Crippen molar-refractivity contribution in [3.63, 3.8) is 0 Å². The molecule has 1 amide bonds. The molecule has 0 spiro atoms. The summed E-state index contributed by atoms with van der Waals surface area (Å²) in [7, 11) is 0. The first-order valence-electron chi connectivity index (χ1n) is 7.68. The Morgan fingerprint density at radius 1 is 1.12 bits per heavy atom. The van der Waals surface area contributed by atoms with E-state index in [1.54, 1.807) is 11.0 Å². The maximum absolute atomic E-state index is 12.5. The van der Waals surface area contributed by atoms with E-state index in [-0.39, 0.29) is 23.8 Å². The van der Waals surface area contributed by atoms with Crippen molar-refractivity contribution in [2.75, 3.05) is 11.9 Å². The third-order valence-electron chi connectivity index (χ3n) is 4.05. The molecule has 2 aromatic rings. The van der Waals surface area contributed by atoms with Crippen molar-refractivity contribution in [1.82, 2.24) is 4.90 Å². The quantitative estimate of drug-likeness (QED) is 0.664. The molecule has 0 bridgehead atoms. The summed E-state index contributed by atoms with van der Waals surface area (Å²) in [6.45, 7) is 0.911. The van der Waals surface area contributed by atoms with Gasteiger partial charge in [0.25, 0.3) is 5.69 Å². The highest BCUT2D eigenvalue weighted by Gasteiger charge is 2.30. The summed E-state index contributed by atoms with van der Waals surface area (Å²) in [5, 5.41) is 13.4. The molecule has 0 aliphatic carbocycles. The second-order valence-electron chi connectivity index (χ2n) is 5.98. The summed E-state index contributed by atoms with van der Waals surface area (Å²) in [6, 6.07) is 8.78. The Balaban J connectivity index is 1.58. The van der Waals surface area contributed by atoms with Gasteiger partial charge in [-0.25, -0.2) is 0 Å². The molecule has 26 heavy (non-hydrogen) atoms. The van der Waals surface area contributed by atoms with Crippen LogP contribution in [0.3, 0.4) is 0 Å². The zero-order valence-electron chi connectivity index (χ0n) is 13.4. The summed E-state index contributed by atoms with van der Waals surface area (Å²) >= 11 is 0. The molecule has 1 N–H and O–H groups in total. The minimum atomic E-state index is -4.42. The Labute approximate surface area is 146 Å². The lowest BCUT2D eigenvalue weighted by Crippen LogP contribution is -2.29. The van der Waals surface area contributed by atoms with Gasteiger partial charge in [0.2, 0.25) is 5.91 Å². The molecule has 0 saturated carbocycles. The lowest BCUT2D eigenvalue weighted by molar-refractivity contribution is -0.384. The molecule has 1 aliphatic heterocycles. The largest absolute Gasteiger partial charge is 0.416 e. The lowest BCUT2D eigenvalue weighted by Gasteiger charge is -2.14. The Kier molecular flexibility index (Phi) is 4.64. The van der Waals surface area contributed by atoms with Crippen molar-refractivity contribution in [3.05, 3.63) is 69.3 Å². The van der Waals surface area contributed by atoms with Crippen LogP contribution in [0.2, 0.25) is 0 Å². The number of amides is 1. The van der Waals surface area contributed by atoms with E-state index in [0.717, 1.165) is 23.3 Å². The van der Waals surface area contributed by atoms with Crippen LogP contribution < -0.4 is 5.32 Å². The summed E-state index contributed by atoms with van der Waals surface area (Å²) in [5.41, 5.74) is 1.20. The van der Waals surface area contributed by atoms with E-state index < -0.39 is 16.7 Å². The fourth-order valence-electron chi connectivity index (χ4n) is 2.82. The van der Waals surface area contributed by atoms with Crippen LogP contribution in [0.25, 0.3) is 0 Å². The van der Waals surface area contributed by atoms with Crippen molar-refractivity contribution >= 4 is 17.3 Å². The van der Waals surface area contributed by atoms with Crippen LogP contribution in [0.5, 0.6) is 0 Å². The molecule has 0 radical (unpaired) electrons. The zero-order chi connectivity index (χ0) is 18.9. The van der Waals surface area contributed by atoms with Crippen LogP contribution in [0.4, 0.5) is 24.5 Å². The van der Waals surface area contributed by atoms with Gasteiger partial charge in [-0.05, 0) is 35.4 Å². The predicted octanol–water partition coefficient (Wildman–Crippen LogP) is 3.57. The molecule has 0 aromatic heterocycles. The number of hydrogen-bond donors (Lipinski definition) is 1. The number of benzene rings is 2. The second-order valence-corrected chi connectivity index (χ2v) is 5.98. The summed E-state index contributed by atoms with van der Waals surface area (Å²) in [6.07, 6.45) is -4.42. The monoisotopic (exact) mass is 365 g/mol. The molecule has 1 aliphatic rings. The van der Waals surface area contributed by atoms with E-state index in [0.29, 0.717) is 13.1 Å². The van der Waals surface area contributed by atoms with Crippen molar-refractivity contribution in [2.45, 2.75) is 19.3 Å². The molecule has 2 aromatic carbocycles. The van der Waals surface area contributed by atoms with Gasteiger partial charge < -0.3 is 5.32 Å². The van der Waals surface area contributed by atoms with Gasteiger partial charge in [-0.3, -0.25) is 19.8 Å². The standard InChI is InChI=1S/C17H14F3N3O3/c18-17(19,20)13-2-4-14(5-3-13)21-16(24)10-22-8-11-1-6-15(23(25)26)7-12(11)9-22/h1-7H,8-10H2,(H,21,24). The van der Waals surface area contributed by atoms with E-state index in [1.165, 1.54) is 24.3 Å². The van der Waals surface area contributed by atoms with Gasteiger partial charge in [0.1, 0.15) is 0 Å². The number of nitrogens with zero attached hydrogens (tertiary/aromatic N) is 2. The molecule has 0 fully saturated rings. The zero-order valence-corrected chi connectivity index (χ0v) is 13.4. The highest BCUT2D eigenvalue weighted by atomic mass is 19.4. The fraction of sp³-hybridized carbons (Fsp3) is 0.235. The van der Waals surface area contributed by atoms with Crippen LogP contribution in [0, 0.1) is 10.1 Å². The molecule has 0 atom stereocenters. The third kappa shape index (κ3) is 3.99. The first kappa shape index (κ1) is 17.9. The first-order chi connectivity index (χ1) is 12.2. The first-order valence-corrected chi connectivity index (χ1v) is 7.68. The normalized spacial score (nSPS) is 14.1. The predicted molar refractivity (Wildman–Crippen MR) is 87.3 cm³/mol. The number of carbonyl (C=O) groups excluding carboxylic acids is 1. The van der Waals surface area contributed by atoms with Gasteiger partial charge in [0, 0.05) is 30.9 Å². The van der Waals surface area contributed by atoms with Crippen LogP contribution >= 0.6 is 0 Å². The number of carbonyl (C=O) groups is 1. The fourth-order valence-corrected chi connectivity index (χ4v) is 2.82. The number of rotatable bonds is 4. The maximum Gasteiger partial charge on any atom is 0.416 e. The van der Waals surface area contributed by atoms with Gasteiger partial charge in [0.15, 0.2) is 0 Å². The SMILES string of the molecule is O=C(CN1Cc2ccc([N+](=O)[O-])cc2C1)Nc1ccc(C(F)(F)F)cc1. The number of anilines is 1. The second kappa shape index (κ2) is 6.75. The lowest BCUT2D eigenvalue weighted by atomic mass is 10.1. The Morgan fingerprint density at radius 2 is 1.77 bits per heavy atom. The van der Waals surface area contributed by atoms with Crippen molar-refractivity contribution < 1.29 is 22.9 Å². The van der Waals surface area contributed by atoms with E-state index in [1.807, 2.05) is 0 Å². The number of nitro benzene ring substituents is 1.